The second-order valence-corrected chi connectivity index (χ2v) is 11.6. The lowest BCUT2D eigenvalue weighted by Crippen LogP contribution is -2.55. The van der Waals surface area contributed by atoms with Crippen LogP contribution in [0.5, 0.6) is 0 Å². The number of piperidine rings is 1. The van der Waals surface area contributed by atoms with Gasteiger partial charge in [-0.05, 0) is 56.4 Å². The van der Waals surface area contributed by atoms with Gasteiger partial charge in [0.2, 0.25) is 5.91 Å². The molecule has 33 heavy (non-hydrogen) atoms. The Kier molecular flexibility index (Phi) is 8.27. The molecule has 2 saturated heterocycles. The molecule has 1 aromatic rings. The van der Waals surface area contributed by atoms with Crippen LogP contribution in [0.4, 0.5) is 11.4 Å². The quantitative estimate of drug-likeness (QED) is 0.654. The van der Waals surface area contributed by atoms with E-state index < -0.39 is 10.2 Å². The van der Waals surface area contributed by atoms with Gasteiger partial charge in [-0.25, -0.2) is 0 Å². The van der Waals surface area contributed by atoms with E-state index in [4.69, 9.17) is 0 Å². The summed E-state index contributed by atoms with van der Waals surface area (Å²) in [6, 6.07) is 8.20. The molecule has 1 saturated carbocycles. The smallest absolute Gasteiger partial charge is 0.282 e. The maximum atomic E-state index is 13.0. The van der Waals surface area contributed by atoms with E-state index >= 15 is 0 Å². The van der Waals surface area contributed by atoms with Crippen molar-refractivity contribution < 1.29 is 13.2 Å². The summed E-state index contributed by atoms with van der Waals surface area (Å²) in [6.07, 6.45) is 9.11. The van der Waals surface area contributed by atoms with Crippen molar-refractivity contribution in [3.8, 4) is 0 Å². The third kappa shape index (κ3) is 6.26. The number of anilines is 2. The molecule has 0 unspecified atom stereocenters. The van der Waals surface area contributed by atoms with Crippen molar-refractivity contribution in [2.75, 3.05) is 63.1 Å². The first-order valence-corrected chi connectivity index (χ1v) is 13.9. The molecule has 1 N–H and O–H groups in total. The number of rotatable bonds is 7. The maximum Gasteiger partial charge on any atom is 0.282 e. The van der Waals surface area contributed by atoms with Crippen LogP contribution in [-0.2, 0) is 15.0 Å². The Morgan fingerprint density at radius 2 is 1.52 bits per heavy atom. The second kappa shape index (κ2) is 11.2. The van der Waals surface area contributed by atoms with Gasteiger partial charge < -0.3 is 10.2 Å². The molecule has 8 nitrogen and oxygen atoms in total. The fourth-order valence-corrected chi connectivity index (χ4v) is 6.82. The summed E-state index contributed by atoms with van der Waals surface area (Å²) in [7, 11) is -1.72. The van der Waals surface area contributed by atoms with Gasteiger partial charge in [0.15, 0.2) is 0 Å². The summed E-state index contributed by atoms with van der Waals surface area (Å²) in [5, 5.41) is 2.98. The monoisotopic (exact) mass is 477 g/mol. The Morgan fingerprint density at radius 3 is 2.15 bits per heavy atom. The molecule has 0 bridgehead atoms. The van der Waals surface area contributed by atoms with Crippen LogP contribution in [-0.4, -0.2) is 86.7 Å². The molecule has 2 heterocycles. The largest absolute Gasteiger partial charge is 0.372 e. The van der Waals surface area contributed by atoms with Gasteiger partial charge >= 0.3 is 0 Å². The van der Waals surface area contributed by atoms with E-state index in [-0.39, 0.29) is 18.5 Å². The molecule has 1 aromatic carbocycles. The van der Waals surface area contributed by atoms with E-state index in [0.717, 1.165) is 44.5 Å². The van der Waals surface area contributed by atoms with Gasteiger partial charge in [-0.2, -0.15) is 17.0 Å². The van der Waals surface area contributed by atoms with Crippen molar-refractivity contribution in [1.29, 1.82) is 0 Å². The lowest BCUT2D eigenvalue weighted by Gasteiger charge is -2.38. The van der Waals surface area contributed by atoms with Crippen molar-refractivity contribution in [3.63, 3.8) is 0 Å². The zero-order chi connectivity index (χ0) is 23.3. The highest BCUT2D eigenvalue weighted by Gasteiger charge is 2.34. The number of piperazine rings is 1. The van der Waals surface area contributed by atoms with E-state index in [1.807, 2.05) is 17.0 Å². The maximum absolute atomic E-state index is 13.0. The number of hydrogen-bond donors (Lipinski definition) is 1. The lowest BCUT2D eigenvalue weighted by atomic mass is 9.96. The van der Waals surface area contributed by atoms with Crippen LogP contribution in [0.2, 0.25) is 0 Å². The summed E-state index contributed by atoms with van der Waals surface area (Å²) < 4.78 is 29.3. The first-order valence-electron chi connectivity index (χ1n) is 12.5. The zero-order valence-electron chi connectivity index (χ0n) is 19.9. The molecule has 184 valence electrons. The average molecular weight is 478 g/mol. The molecule has 1 amide bonds. The van der Waals surface area contributed by atoms with Crippen molar-refractivity contribution in [1.82, 2.24) is 13.5 Å². The summed E-state index contributed by atoms with van der Waals surface area (Å²) in [4.78, 5) is 17.0. The number of nitrogens with one attached hydrogen (secondary N) is 1. The van der Waals surface area contributed by atoms with Crippen molar-refractivity contribution in [3.05, 3.63) is 24.3 Å². The van der Waals surface area contributed by atoms with Crippen LogP contribution >= 0.6 is 0 Å². The highest BCUT2D eigenvalue weighted by molar-refractivity contribution is 7.86. The molecule has 0 atom stereocenters. The number of hydrogen-bond acceptors (Lipinski definition) is 5. The summed E-state index contributed by atoms with van der Waals surface area (Å²) in [5.41, 5.74) is 2.01. The minimum Gasteiger partial charge on any atom is -0.372 e. The third-order valence-electron chi connectivity index (χ3n) is 7.35. The molecular weight excluding hydrogens is 438 g/mol. The second-order valence-electron chi connectivity index (χ2n) is 9.63. The van der Waals surface area contributed by atoms with Crippen LogP contribution in [0.3, 0.4) is 0 Å². The van der Waals surface area contributed by atoms with Crippen molar-refractivity contribution >= 4 is 27.5 Å². The molecule has 1 aliphatic carbocycles. The normalized spacial score (nSPS) is 21.9. The molecule has 0 aromatic heterocycles. The van der Waals surface area contributed by atoms with Gasteiger partial charge in [-0.15, -0.1) is 0 Å². The van der Waals surface area contributed by atoms with Gasteiger partial charge in [0, 0.05) is 63.7 Å². The molecule has 4 rings (SSSR count). The highest BCUT2D eigenvalue weighted by atomic mass is 32.2. The molecule has 3 aliphatic rings. The Bertz CT molecular complexity index is 872. The Balaban J connectivity index is 1.22. The van der Waals surface area contributed by atoms with Crippen LogP contribution in [0.25, 0.3) is 0 Å². The fourth-order valence-electron chi connectivity index (χ4n) is 5.24. The van der Waals surface area contributed by atoms with Crippen LogP contribution in [0.1, 0.15) is 51.4 Å². The van der Waals surface area contributed by atoms with E-state index in [1.54, 1.807) is 15.7 Å². The van der Waals surface area contributed by atoms with Gasteiger partial charge in [-0.1, -0.05) is 19.3 Å². The summed E-state index contributed by atoms with van der Waals surface area (Å²) in [5.74, 6) is -0.0589. The minimum absolute atomic E-state index is 0.0589. The topological polar surface area (TPSA) is 76.2 Å². The van der Waals surface area contributed by atoms with E-state index in [9.17, 15) is 13.2 Å². The van der Waals surface area contributed by atoms with Gasteiger partial charge in [0.25, 0.3) is 10.2 Å². The Hall–Kier alpha value is -1.68. The standard InChI is InChI=1S/C24H39N5O3S/c1-26(22-8-4-2-5-9-22)33(31,32)29-18-16-27(17-19-29)20-24(30)25-21-10-12-23(13-11-21)28-14-6-3-7-15-28/h10-13,22H,2-9,14-20H2,1H3,(H,25,30). The number of carbonyl (C=O) groups is 1. The number of benzene rings is 1. The van der Waals surface area contributed by atoms with Crippen molar-refractivity contribution in [2.24, 2.45) is 0 Å². The Labute approximate surface area is 199 Å². The van der Waals surface area contributed by atoms with Crippen molar-refractivity contribution in [2.45, 2.75) is 57.4 Å². The van der Waals surface area contributed by atoms with E-state index in [0.29, 0.717) is 26.2 Å². The average Bonchev–Trinajstić information content (AvgIpc) is 2.85. The molecule has 9 heteroatoms. The molecule has 0 spiro atoms. The highest BCUT2D eigenvalue weighted by Crippen LogP contribution is 2.25. The van der Waals surface area contributed by atoms with Crippen LogP contribution in [0.15, 0.2) is 24.3 Å². The van der Waals surface area contributed by atoms with Gasteiger partial charge in [0.05, 0.1) is 6.54 Å². The molecule has 0 radical (unpaired) electrons. The summed E-state index contributed by atoms with van der Waals surface area (Å²) >= 11 is 0. The van der Waals surface area contributed by atoms with Gasteiger partial charge in [-0.3, -0.25) is 9.69 Å². The first-order chi connectivity index (χ1) is 15.9. The Morgan fingerprint density at radius 1 is 0.909 bits per heavy atom. The van der Waals surface area contributed by atoms with Crippen LogP contribution in [0, 0.1) is 0 Å². The fraction of sp³-hybridized carbons (Fsp3) is 0.708. The van der Waals surface area contributed by atoms with Gasteiger partial charge in [0.1, 0.15) is 0 Å². The molecule has 2 aliphatic heterocycles. The summed E-state index contributed by atoms with van der Waals surface area (Å²) in [6.45, 7) is 4.47. The number of carbonyl (C=O) groups excluding carboxylic acids is 1. The molecule has 3 fully saturated rings. The molecular formula is C24H39N5O3S. The lowest BCUT2D eigenvalue weighted by molar-refractivity contribution is -0.117. The number of nitrogens with zero attached hydrogens (tertiary/aromatic N) is 4. The predicted octanol–water partition coefficient (Wildman–Crippen LogP) is 2.74. The number of amides is 1. The predicted molar refractivity (Wildman–Crippen MR) is 133 cm³/mol. The van der Waals surface area contributed by atoms with Crippen LogP contribution < -0.4 is 10.2 Å². The zero-order valence-corrected chi connectivity index (χ0v) is 20.7. The van der Waals surface area contributed by atoms with E-state index in [1.165, 1.54) is 31.4 Å². The first kappa shape index (κ1) is 24.4. The SMILES string of the molecule is CN(C1CCCCC1)S(=O)(=O)N1CCN(CC(=O)Nc2ccc(N3CCCCC3)cc2)CC1. The van der Waals surface area contributed by atoms with E-state index in [2.05, 4.69) is 22.3 Å². The third-order valence-corrected chi connectivity index (χ3v) is 9.39. The minimum atomic E-state index is -3.44.